The molecule has 0 amide bonds. The van der Waals surface area contributed by atoms with Crippen LogP contribution in [0.1, 0.15) is 26.3 Å². The summed E-state index contributed by atoms with van der Waals surface area (Å²) in [7, 11) is 0. The van der Waals surface area contributed by atoms with E-state index < -0.39 is 5.82 Å². The average molecular weight is 293 g/mol. The summed E-state index contributed by atoms with van der Waals surface area (Å²) in [5, 5.41) is 3.33. The van der Waals surface area contributed by atoms with Gasteiger partial charge in [0.15, 0.2) is 0 Å². The minimum atomic E-state index is -0.421. The normalized spacial score (nSPS) is 13.4. The van der Waals surface area contributed by atoms with Crippen molar-refractivity contribution in [3.63, 3.8) is 0 Å². The van der Waals surface area contributed by atoms with Gasteiger partial charge in [-0.2, -0.15) is 0 Å². The van der Waals surface area contributed by atoms with Crippen LogP contribution in [0.25, 0.3) is 0 Å². The molecule has 0 aliphatic heterocycles. The number of imidazole rings is 1. The summed E-state index contributed by atoms with van der Waals surface area (Å²) in [6.45, 7) is 7.36. The van der Waals surface area contributed by atoms with Gasteiger partial charge in [0.05, 0.1) is 6.33 Å². The summed E-state index contributed by atoms with van der Waals surface area (Å²) in [5.74, 6) is -0.811. The van der Waals surface area contributed by atoms with Crippen molar-refractivity contribution in [2.75, 3.05) is 0 Å². The lowest BCUT2D eigenvalue weighted by atomic mass is 9.86. The van der Waals surface area contributed by atoms with Gasteiger partial charge in [0, 0.05) is 37.1 Å². The first kappa shape index (κ1) is 15.6. The third-order valence-corrected chi connectivity index (χ3v) is 3.54. The van der Waals surface area contributed by atoms with Gasteiger partial charge in [0.1, 0.15) is 11.6 Å². The predicted octanol–water partition coefficient (Wildman–Crippen LogP) is 3.37. The molecule has 1 heterocycles. The molecule has 0 spiro atoms. The Morgan fingerprint density at radius 1 is 1.29 bits per heavy atom. The molecule has 114 valence electrons. The first-order chi connectivity index (χ1) is 9.86. The minimum absolute atomic E-state index is 0.0198. The van der Waals surface area contributed by atoms with Gasteiger partial charge in [-0.25, -0.2) is 13.8 Å². The molecule has 0 fully saturated rings. The highest BCUT2D eigenvalue weighted by atomic mass is 19.1. The Bertz CT molecular complexity index is 574. The quantitative estimate of drug-likeness (QED) is 0.916. The summed E-state index contributed by atoms with van der Waals surface area (Å²) < 4.78 is 28.9. The van der Waals surface area contributed by atoms with Crippen molar-refractivity contribution in [3.8, 4) is 0 Å². The van der Waals surface area contributed by atoms with Crippen LogP contribution in [0.5, 0.6) is 0 Å². The minimum Gasteiger partial charge on any atom is -0.336 e. The van der Waals surface area contributed by atoms with Gasteiger partial charge in [-0.05, 0) is 23.6 Å². The van der Waals surface area contributed by atoms with Crippen LogP contribution in [0.4, 0.5) is 8.78 Å². The van der Waals surface area contributed by atoms with Crippen molar-refractivity contribution in [1.29, 1.82) is 0 Å². The van der Waals surface area contributed by atoms with Crippen LogP contribution in [0.15, 0.2) is 36.9 Å². The third kappa shape index (κ3) is 4.36. The first-order valence-corrected chi connectivity index (χ1v) is 6.99. The number of nitrogens with zero attached hydrogens (tertiary/aromatic N) is 2. The van der Waals surface area contributed by atoms with Crippen molar-refractivity contribution in [2.45, 2.75) is 39.9 Å². The zero-order valence-corrected chi connectivity index (χ0v) is 12.6. The zero-order chi connectivity index (χ0) is 15.5. The average Bonchev–Trinajstić information content (AvgIpc) is 2.89. The fourth-order valence-corrected chi connectivity index (χ4v) is 2.16. The van der Waals surface area contributed by atoms with Gasteiger partial charge in [0.2, 0.25) is 0 Å². The maximum absolute atomic E-state index is 13.7. The Balaban J connectivity index is 2.07. The summed E-state index contributed by atoms with van der Waals surface area (Å²) in [6.07, 6.45) is 5.37. The van der Waals surface area contributed by atoms with E-state index >= 15 is 0 Å². The molecule has 0 bridgehead atoms. The Labute approximate surface area is 124 Å². The maximum atomic E-state index is 13.7. The number of rotatable bonds is 5. The van der Waals surface area contributed by atoms with E-state index in [-0.39, 0.29) is 17.3 Å². The summed E-state index contributed by atoms with van der Waals surface area (Å²) >= 11 is 0. The second-order valence-corrected chi connectivity index (χ2v) is 6.29. The van der Waals surface area contributed by atoms with E-state index in [1.807, 2.05) is 10.8 Å². The Morgan fingerprint density at radius 2 is 2.05 bits per heavy atom. The Hall–Kier alpha value is -1.75. The molecule has 1 aromatic heterocycles. The highest BCUT2D eigenvalue weighted by Crippen LogP contribution is 2.21. The number of aromatic nitrogens is 2. The van der Waals surface area contributed by atoms with Crippen molar-refractivity contribution in [1.82, 2.24) is 14.9 Å². The number of halogens is 2. The molecule has 0 saturated carbocycles. The monoisotopic (exact) mass is 293 g/mol. The van der Waals surface area contributed by atoms with E-state index in [1.54, 1.807) is 12.5 Å². The molecule has 1 N–H and O–H groups in total. The molecule has 1 aromatic carbocycles. The Kier molecular flexibility index (Phi) is 4.73. The Morgan fingerprint density at radius 3 is 2.67 bits per heavy atom. The van der Waals surface area contributed by atoms with E-state index in [1.165, 1.54) is 6.07 Å². The maximum Gasteiger partial charge on any atom is 0.127 e. The second kappa shape index (κ2) is 6.35. The third-order valence-electron chi connectivity index (χ3n) is 3.54. The molecule has 0 radical (unpaired) electrons. The summed E-state index contributed by atoms with van der Waals surface area (Å²) in [4.78, 5) is 4.03. The lowest BCUT2D eigenvalue weighted by molar-refractivity contribution is 0.239. The van der Waals surface area contributed by atoms with Gasteiger partial charge >= 0.3 is 0 Å². The molecular formula is C16H21F2N3. The molecule has 3 nitrogen and oxygen atoms in total. The molecule has 0 aliphatic carbocycles. The predicted molar refractivity (Wildman–Crippen MR) is 78.7 cm³/mol. The van der Waals surface area contributed by atoms with Gasteiger partial charge in [0.25, 0.3) is 0 Å². The van der Waals surface area contributed by atoms with Crippen LogP contribution in [0, 0.1) is 17.0 Å². The fraction of sp³-hybridized carbons (Fsp3) is 0.438. The summed E-state index contributed by atoms with van der Waals surface area (Å²) in [6, 6.07) is 3.63. The lowest BCUT2D eigenvalue weighted by Gasteiger charge is -2.32. The number of hydrogen-bond acceptors (Lipinski definition) is 2. The van der Waals surface area contributed by atoms with Crippen molar-refractivity contribution in [2.24, 2.45) is 5.41 Å². The van der Waals surface area contributed by atoms with Gasteiger partial charge in [-0.15, -0.1) is 0 Å². The van der Waals surface area contributed by atoms with Crippen LogP contribution < -0.4 is 5.32 Å². The SMILES string of the molecule is CC(C)(C)C(Cn1ccnc1)NCc1cc(F)ccc1F. The van der Waals surface area contributed by atoms with E-state index in [0.717, 1.165) is 18.7 Å². The van der Waals surface area contributed by atoms with Crippen LogP contribution >= 0.6 is 0 Å². The zero-order valence-electron chi connectivity index (χ0n) is 12.6. The van der Waals surface area contributed by atoms with Crippen molar-refractivity contribution in [3.05, 3.63) is 54.1 Å². The van der Waals surface area contributed by atoms with E-state index in [4.69, 9.17) is 0 Å². The van der Waals surface area contributed by atoms with Crippen LogP contribution in [-0.2, 0) is 13.1 Å². The number of benzene rings is 1. The molecule has 21 heavy (non-hydrogen) atoms. The molecule has 5 heteroatoms. The highest BCUT2D eigenvalue weighted by Gasteiger charge is 2.24. The molecule has 0 saturated heterocycles. The topological polar surface area (TPSA) is 29.9 Å². The number of nitrogens with one attached hydrogen (secondary N) is 1. The van der Waals surface area contributed by atoms with Gasteiger partial charge in [-0.3, -0.25) is 0 Å². The second-order valence-electron chi connectivity index (χ2n) is 6.29. The largest absolute Gasteiger partial charge is 0.336 e. The van der Waals surface area contributed by atoms with Crippen LogP contribution in [-0.4, -0.2) is 15.6 Å². The molecular weight excluding hydrogens is 272 g/mol. The fourth-order valence-electron chi connectivity index (χ4n) is 2.16. The number of hydrogen-bond donors (Lipinski definition) is 1. The van der Waals surface area contributed by atoms with Crippen molar-refractivity contribution >= 4 is 0 Å². The molecule has 1 atom stereocenters. The molecule has 1 unspecified atom stereocenters. The van der Waals surface area contributed by atoms with Gasteiger partial charge in [-0.1, -0.05) is 20.8 Å². The molecule has 2 rings (SSSR count). The first-order valence-electron chi connectivity index (χ1n) is 6.99. The van der Waals surface area contributed by atoms with E-state index in [2.05, 4.69) is 31.1 Å². The van der Waals surface area contributed by atoms with Crippen molar-refractivity contribution < 1.29 is 8.78 Å². The lowest BCUT2D eigenvalue weighted by Crippen LogP contribution is -2.43. The van der Waals surface area contributed by atoms with E-state index in [0.29, 0.717) is 12.1 Å². The van der Waals surface area contributed by atoms with Crippen LogP contribution in [0.3, 0.4) is 0 Å². The summed E-state index contributed by atoms with van der Waals surface area (Å²) in [5.41, 5.74) is 0.323. The van der Waals surface area contributed by atoms with Crippen LogP contribution in [0.2, 0.25) is 0 Å². The standard InChI is InChI=1S/C16H21F2N3/c1-16(2,3)15(10-21-7-6-19-11-21)20-9-12-8-13(17)4-5-14(12)18/h4-8,11,15,20H,9-10H2,1-3H3. The smallest absolute Gasteiger partial charge is 0.127 e. The highest BCUT2D eigenvalue weighted by molar-refractivity contribution is 5.18. The van der Waals surface area contributed by atoms with Gasteiger partial charge < -0.3 is 9.88 Å². The molecule has 0 aliphatic rings. The van der Waals surface area contributed by atoms with E-state index in [9.17, 15) is 8.78 Å². The molecule has 2 aromatic rings.